The van der Waals surface area contributed by atoms with E-state index in [4.69, 9.17) is 23.7 Å². The van der Waals surface area contributed by atoms with Gasteiger partial charge in [-0.3, -0.25) is 9.59 Å². The van der Waals surface area contributed by atoms with Gasteiger partial charge in [0, 0.05) is 28.1 Å². The van der Waals surface area contributed by atoms with Crippen LogP contribution in [0.3, 0.4) is 0 Å². The molecule has 0 amide bonds. The van der Waals surface area contributed by atoms with Crippen molar-refractivity contribution in [1.82, 2.24) is 0 Å². The van der Waals surface area contributed by atoms with Crippen LogP contribution in [0.5, 0.6) is 0 Å². The number of methoxy groups -OCH3 is 2. The Balaban J connectivity index is 2.89. The van der Waals surface area contributed by atoms with Crippen LogP contribution in [0, 0.1) is 0 Å². The van der Waals surface area contributed by atoms with Crippen LogP contribution in [0.25, 0.3) is 0 Å². The smallest absolute Gasteiger partial charge is 0.303 e. The van der Waals surface area contributed by atoms with Gasteiger partial charge in [-0.25, -0.2) is 0 Å². The van der Waals surface area contributed by atoms with Gasteiger partial charge in [0.1, 0.15) is 12.2 Å². The van der Waals surface area contributed by atoms with Gasteiger partial charge in [0.25, 0.3) is 0 Å². The molecule has 0 aromatic carbocycles. The Morgan fingerprint density at radius 1 is 1.11 bits per heavy atom. The second-order valence-electron chi connectivity index (χ2n) is 4.25. The lowest BCUT2D eigenvalue weighted by Crippen LogP contribution is -2.58. The Bertz CT molecular complexity index is 317. The molecule has 0 aromatic rings. The predicted octanol–water partition coefficient (Wildman–Crippen LogP) is -0.0900. The molecule has 0 N–H and O–H groups in total. The summed E-state index contributed by atoms with van der Waals surface area (Å²) in [6.07, 6.45) is -2.44. The number of rotatable bonds is 5. The number of carbonyl (C=O) groups excluding carboxylic acids is 2. The largest absolute Gasteiger partial charge is 0.456 e. The lowest BCUT2D eigenvalue weighted by atomic mass is 9.99. The van der Waals surface area contributed by atoms with Crippen LogP contribution in [0.4, 0.5) is 0 Å². The number of hydrogen-bond donors (Lipinski definition) is 0. The Hall–Kier alpha value is -1.18. The van der Waals surface area contributed by atoms with Gasteiger partial charge in [0.2, 0.25) is 0 Å². The zero-order valence-electron chi connectivity index (χ0n) is 11.6. The van der Waals surface area contributed by atoms with Crippen molar-refractivity contribution in [1.29, 1.82) is 0 Å². The van der Waals surface area contributed by atoms with E-state index >= 15 is 0 Å². The highest BCUT2D eigenvalue weighted by Gasteiger charge is 2.45. The van der Waals surface area contributed by atoms with Crippen molar-refractivity contribution in [3.8, 4) is 0 Å². The van der Waals surface area contributed by atoms with E-state index in [1.165, 1.54) is 28.1 Å². The van der Waals surface area contributed by atoms with Crippen molar-refractivity contribution >= 4 is 11.9 Å². The molecule has 1 rings (SSSR count). The first kappa shape index (κ1) is 15.9. The van der Waals surface area contributed by atoms with Gasteiger partial charge in [-0.1, -0.05) is 0 Å². The average molecular weight is 276 g/mol. The van der Waals surface area contributed by atoms with Crippen LogP contribution in [0.1, 0.15) is 13.8 Å². The number of ether oxygens (including phenoxy) is 5. The first-order valence-corrected chi connectivity index (χ1v) is 5.97. The molecule has 0 spiro atoms. The Labute approximate surface area is 112 Å². The van der Waals surface area contributed by atoms with Gasteiger partial charge >= 0.3 is 11.9 Å². The Morgan fingerprint density at radius 3 is 2.16 bits per heavy atom. The van der Waals surface area contributed by atoms with Crippen LogP contribution in [-0.2, 0) is 33.3 Å². The molecule has 0 aromatic heterocycles. The highest BCUT2D eigenvalue weighted by atomic mass is 16.6. The van der Waals surface area contributed by atoms with E-state index in [0.29, 0.717) is 0 Å². The molecule has 1 aliphatic rings. The van der Waals surface area contributed by atoms with Crippen LogP contribution in [0.15, 0.2) is 0 Å². The highest BCUT2D eigenvalue weighted by molar-refractivity contribution is 5.67. The first-order valence-electron chi connectivity index (χ1n) is 5.97. The molecule has 110 valence electrons. The standard InChI is InChI=1S/C12H20O7/c1-7(13)18-11-9(16-4)6-17-10(5-15-3)12(11)19-8(2)14/h9-12H,5-6H2,1-4H3/t9-,10-,11+,12-/m1/s1. The molecule has 19 heavy (non-hydrogen) atoms. The molecule has 1 aliphatic heterocycles. The van der Waals surface area contributed by atoms with E-state index in [1.54, 1.807) is 0 Å². The van der Waals surface area contributed by atoms with Gasteiger partial charge in [-0.15, -0.1) is 0 Å². The first-order chi connectivity index (χ1) is 8.99. The molecule has 7 nitrogen and oxygen atoms in total. The monoisotopic (exact) mass is 276 g/mol. The van der Waals surface area contributed by atoms with E-state index in [1.807, 2.05) is 0 Å². The van der Waals surface area contributed by atoms with Crippen molar-refractivity contribution in [2.75, 3.05) is 27.4 Å². The van der Waals surface area contributed by atoms with Crippen molar-refractivity contribution in [3.05, 3.63) is 0 Å². The maximum absolute atomic E-state index is 11.2. The zero-order chi connectivity index (χ0) is 14.4. The molecular weight excluding hydrogens is 256 g/mol. The molecule has 1 saturated heterocycles. The number of carbonyl (C=O) groups is 2. The highest BCUT2D eigenvalue weighted by Crippen LogP contribution is 2.24. The van der Waals surface area contributed by atoms with Crippen molar-refractivity contribution in [2.45, 2.75) is 38.3 Å². The SMILES string of the molecule is COC[C@H]1OC[C@@H](OC)[C@H](OC(C)=O)[C@@H]1OC(C)=O. The van der Waals surface area contributed by atoms with E-state index in [9.17, 15) is 9.59 Å². The Kier molecular flexibility index (Phi) is 6.20. The average Bonchev–Trinajstić information content (AvgIpc) is 2.32. The van der Waals surface area contributed by atoms with E-state index < -0.39 is 36.4 Å². The zero-order valence-corrected chi connectivity index (χ0v) is 11.6. The van der Waals surface area contributed by atoms with Crippen molar-refractivity contribution < 1.29 is 33.3 Å². The summed E-state index contributed by atoms with van der Waals surface area (Å²) in [6, 6.07) is 0. The van der Waals surface area contributed by atoms with Gasteiger partial charge < -0.3 is 23.7 Å². The lowest BCUT2D eigenvalue weighted by molar-refractivity contribution is -0.228. The predicted molar refractivity (Wildman–Crippen MR) is 63.5 cm³/mol. The minimum Gasteiger partial charge on any atom is -0.456 e. The molecule has 0 radical (unpaired) electrons. The minimum atomic E-state index is -0.750. The summed E-state index contributed by atoms with van der Waals surface area (Å²) in [7, 11) is 2.99. The molecule has 1 heterocycles. The maximum Gasteiger partial charge on any atom is 0.303 e. The molecule has 7 heteroatoms. The van der Waals surface area contributed by atoms with E-state index in [0.717, 1.165) is 0 Å². The molecule has 0 saturated carbocycles. The summed E-state index contributed by atoms with van der Waals surface area (Å²) >= 11 is 0. The second kappa shape index (κ2) is 7.42. The molecule has 0 bridgehead atoms. The summed E-state index contributed by atoms with van der Waals surface area (Å²) < 4.78 is 26.2. The lowest BCUT2D eigenvalue weighted by Gasteiger charge is -2.40. The molecule has 4 atom stereocenters. The van der Waals surface area contributed by atoms with Crippen LogP contribution in [-0.4, -0.2) is 63.8 Å². The fraction of sp³-hybridized carbons (Fsp3) is 0.833. The number of hydrogen-bond acceptors (Lipinski definition) is 7. The van der Waals surface area contributed by atoms with Crippen LogP contribution in [0.2, 0.25) is 0 Å². The third-order valence-electron chi connectivity index (χ3n) is 2.77. The molecule has 0 unspecified atom stereocenters. The third kappa shape index (κ3) is 4.45. The second-order valence-corrected chi connectivity index (χ2v) is 4.25. The van der Waals surface area contributed by atoms with Gasteiger partial charge in [0.15, 0.2) is 12.2 Å². The Morgan fingerprint density at radius 2 is 1.68 bits per heavy atom. The molecule has 0 aliphatic carbocycles. The van der Waals surface area contributed by atoms with Crippen molar-refractivity contribution in [3.63, 3.8) is 0 Å². The van der Waals surface area contributed by atoms with Crippen molar-refractivity contribution in [2.24, 2.45) is 0 Å². The van der Waals surface area contributed by atoms with E-state index in [2.05, 4.69) is 0 Å². The topological polar surface area (TPSA) is 80.3 Å². The van der Waals surface area contributed by atoms with Crippen LogP contribution < -0.4 is 0 Å². The molecule has 1 fully saturated rings. The number of esters is 2. The summed E-state index contributed by atoms with van der Waals surface area (Å²) in [5.74, 6) is -0.953. The maximum atomic E-state index is 11.2. The summed E-state index contributed by atoms with van der Waals surface area (Å²) in [5.41, 5.74) is 0. The fourth-order valence-electron chi connectivity index (χ4n) is 2.01. The quantitative estimate of drug-likeness (QED) is 0.649. The van der Waals surface area contributed by atoms with Gasteiger partial charge in [-0.2, -0.15) is 0 Å². The fourth-order valence-corrected chi connectivity index (χ4v) is 2.01. The van der Waals surface area contributed by atoms with E-state index in [-0.39, 0.29) is 13.2 Å². The minimum absolute atomic E-state index is 0.228. The summed E-state index contributed by atoms with van der Waals surface area (Å²) in [4.78, 5) is 22.4. The van der Waals surface area contributed by atoms with Gasteiger partial charge in [0.05, 0.1) is 13.2 Å². The van der Waals surface area contributed by atoms with Gasteiger partial charge in [-0.05, 0) is 0 Å². The summed E-state index contributed by atoms with van der Waals surface area (Å²) in [5, 5.41) is 0. The normalized spacial score (nSPS) is 30.7. The third-order valence-corrected chi connectivity index (χ3v) is 2.77. The molecular formula is C12H20O7. The summed E-state index contributed by atoms with van der Waals surface area (Å²) in [6.45, 7) is 3.04. The van der Waals surface area contributed by atoms with Crippen LogP contribution >= 0.6 is 0 Å².